The zero-order valence-corrected chi connectivity index (χ0v) is 13.2. The maximum Gasteiger partial charge on any atom is 0.146 e. The van der Waals surface area contributed by atoms with E-state index in [1.165, 1.54) is 12.8 Å². The lowest BCUT2D eigenvalue weighted by Crippen LogP contribution is -2.51. The van der Waals surface area contributed by atoms with Gasteiger partial charge in [-0.25, -0.2) is 0 Å². The summed E-state index contributed by atoms with van der Waals surface area (Å²) in [6.45, 7) is 6.55. The van der Waals surface area contributed by atoms with Crippen molar-refractivity contribution < 1.29 is 4.79 Å². The van der Waals surface area contributed by atoms with Crippen molar-refractivity contribution >= 4 is 5.78 Å². The molecule has 3 rings (SSSR count). The van der Waals surface area contributed by atoms with Crippen LogP contribution in [0.2, 0.25) is 0 Å². The minimum absolute atomic E-state index is 0.00349. The number of carbonyl (C=O) groups excluding carboxylic acids is 1. The van der Waals surface area contributed by atoms with Crippen LogP contribution in [0, 0.1) is 28.6 Å². The molecule has 0 aromatic carbocycles. The van der Waals surface area contributed by atoms with Crippen LogP contribution in [-0.2, 0) is 4.79 Å². The number of rotatable bonds is 3. The van der Waals surface area contributed by atoms with E-state index < -0.39 is 0 Å². The van der Waals surface area contributed by atoms with Crippen LogP contribution in [0.1, 0.15) is 59.3 Å². The Morgan fingerprint density at radius 3 is 2.75 bits per heavy atom. The van der Waals surface area contributed by atoms with E-state index in [0.717, 1.165) is 25.7 Å². The highest BCUT2D eigenvalue weighted by Crippen LogP contribution is 2.62. The van der Waals surface area contributed by atoms with Gasteiger partial charge in [-0.1, -0.05) is 44.6 Å². The maximum atomic E-state index is 13.5. The van der Waals surface area contributed by atoms with Gasteiger partial charge in [-0.3, -0.25) is 4.79 Å². The molecule has 0 aromatic rings. The zero-order chi connectivity index (χ0) is 14.4. The smallest absolute Gasteiger partial charge is 0.146 e. The summed E-state index contributed by atoms with van der Waals surface area (Å²) >= 11 is 0. The fourth-order valence-electron chi connectivity index (χ4n) is 5.51. The molecule has 5 atom stereocenters. The number of ketones is 1. The van der Waals surface area contributed by atoms with Crippen molar-refractivity contribution in [2.45, 2.75) is 59.3 Å². The number of hydrogen-bond acceptors (Lipinski definition) is 1. The predicted molar refractivity (Wildman–Crippen MR) is 83.3 cm³/mol. The highest BCUT2D eigenvalue weighted by atomic mass is 16.1. The van der Waals surface area contributed by atoms with Gasteiger partial charge < -0.3 is 0 Å². The third-order valence-corrected chi connectivity index (χ3v) is 6.64. The van der Waals surface area contributed by atoms with Gasteiger partial charge in [0.2, 0.25) is 0 Å². The Morgan fingerprint density at radius 1 is 1.40 bits per heavy atom. The molecule has 3 aliphatic rings. The summed E-state index contributed by atoms with van der Waals surface area (Å²) in [6.07, 6.45) is 15.9. The highest BCUT2D eigenvalue weighted by Gasteiger charge is 2.60. The Morgan fingerprint density at radius 2 is 2.20 bits per heavy atom. The Hall–Kier alpha value is -0.850. The largest absolute Gasteiger partial charge is 0.298 e. The number of allylic oxidation sites excluding steroid dienone is 4. The van der Waals surface area contributed by atoms with Crippen LogP contribution in [0.3, 0.4) is 0 Å². The summed E-state index contributed by atoms with van der Waals surface area (Å²) in [5.74, 6) is 2.23. The molecule has 2 fully saturated rings. The van der Waals surface area contributed by atoms with Crippen LogP contribution < -0.4 is 0 Å². The van der Waals surface area contributed by atoms with Gasteiger partial charge in [-0.15, -0.1) is 0 Å². The molecule has 0 aromatic heterocycles. The van der Waals surface area contributed by atoms with Crippen molar-refractivity contribution in [2.24, 2.45) is 28.6 Å². The van der Waals surface area contributed by atoms with E-state index in [9.17, 15) is 4.79 Å². The van der Waals surface area contributed by atoms with Gasteiger partial charge in [-0.2, -0.15) is 0 Å². The van der Waals surface area contributed by atoms with Crippen molar-refractivity contribution in [3.63, 3.8) is 0 Å². The van der Waals surface area contributed by atoms with Gasteiger partial charge >= 0.3 is 0 Å². The van der Waals surface area contributed by atoms with Gasteiger partial charge in [0.15, 0.2) is 0 Å². The molecule has 1 nitrogen and oxygen atoms in total. The Bertz CT molecular complexity index is 460. The molecule has 2 saturated carbocycles. The molecule has 3 aliphatic carbocycles. The Kier molecular flexibility index (Phi) is 3.43. The molecule has 5 unspecified atom stereocenters. The van der Waals surface area contributed by atoms with Crippen LogP contribution in [-0.4, -0.2) is 5.78 Å². The molecule has 0 aliphatic heterocycles. The van der Waals surface area contributed by atoms with E-state index in [1.54, 1.807) is 0 Å². The van der Waals surface area contributed by atoms with Gasteiger partial charge in [0.25, 0.3) is 0 Å². The molecular weight excluding hydrogens is 244 g/mol. The van der Waals surface area contributed by atoms with E-state index in [0.29, 0.717) is 23.5 Å². The lowest BCUT2D eigenvalue weighted by atomic mass is 9.52. The van der Waals surface area contributed by atoms with Crippen molar-refractivity contribution in [2.75, 3.05) is 0 Å². The average molecular weight is 272 g/mol. The number of fused-ring (bicyclic) bond motifs is 3. The second kappa shape index (κ2) is 4.86. The highest BCUT2D eigenvalue weighted by molar-refractivity contribution is 5.92. The summed E-state index contributed by atoms with van der Waals surface area (Å²) in [5.41, 5.74) is -0.0907. The van der Waals surface area contributed by atoms with E-state index in [1.807, 2.05) is 0 Å². The van der Waals surface area contributed by atoms with E-state index in [2.05, 4.69) is 45.1 Å². The van der Waals surface area contributed by atoms with Crippen molar-refractivity contribution in [1.82, 2.24) is 0 Å². The summed E-state index contributed by atoms with van der Waals surface area (Å²) in [7, 11) is 0. The Labute approximate surface area is 123 Å². The van der Waals surface area contributed by atoms with Crippen LogP contribution >= 0.6 is 0 Å². The van der Waals surface area contributed by atoms with Crippen LogP contribution in [0.5, 0.6) is 0 Å². The number of Topliss-reactive ketones (excluding diaryl/α,β-unsaturated/α-hetero) is 1. The lowest BCUT2D eigenvalue weighted by molar-refractivity contribution is -0.149. The first kappa shape index (κ1) is 14.1. The Balaban J connectivity index is 1.97. The molecule has 20 heavy (non-hydrogen) atoms. The fraction of sp³-hybridized carbons (Fsp3) is 0.737. The van der Waals surface area contributed by atoms with E-state index in [4.69, 9.17) is 0 Å². The first-order valence-electron chi connectivity index (χ1n) is 8.45. The molecule has 0 N–H and O–H groups in total. The molecule has 1 spiro atoms. The third-order valence-electron chi connectivity index (χ3n) is 6.64. The number of hydrogen-bond donors (Lipinski definition) is 0. The molecule has 0 amide bonds. The molecule has 1 heteroatoms. The monoisotopic (exact) mass is 272 g/mol. The maximum absolute atomic E-state index is 13.5. The van der Waals surface area contributed by atoms with Crippen LogP contribution in [0.15, 0.2) is 24.3 Å². The summed E-state index contributed by atoms with van der Waals surface area (Å²) in [4.78, 5) is 13.5. The first-order valence-corrected chi connectivity index (χ1v) is 8.45. The molecule has 0 saturated heterocycles. The van der Waals surface area contributed by atoms with Crippen LogP contribution in [0.25, 0.3) is 0 Å². The van der Waals surface area contributed by atoms with Crippen LogP contribution in [0.4, 0.5) is 0 Å². The van der Waals surface area contributed by atoms with Gasteiger partial charge in [0.1, 0.15) is 5.78 Å². The van der Waals surface area contributed by atoms with Crippen molar-refractivity contribution in [3.05, 3.63) is 24.3 Å². The standard InChI is InChI=1S/C19H28O/c1-4-7-14(3)18(5-2)10-6-11-19(17(18)20)13-15-8-9-16(19)12-15/h4,7-9,14-16H,5-6,10-13H2,1-3H3/b7-4-. The third kappa shape index (κ3) is 1.71. The van der Waals surface area contributed by atoms with Gasteiger partial charge in [-0.05, 0) is 56.8 Å². The first-order chi connectivity index (χ1) is 9.59. The molecule has 0 radical (unpaired) electrons. The normalized spacial score (nSPS) is 44.9. The second-order valence-corrected chi connectivity index (χ2v) is 7.35. The second-order valence-electron chi connectivity index (χ2n) is 7.35. The van der Waals surface area contributed by atoms with Crippen molar-refractivity contribution in [3.8, 4) is 0 Å². The quantitative estimate of drug-likeness (QED) is 0.666. The molecular formula is C19H28O. The topological polar surface area (TPSA) is 17.1 Å². The summed E-state index contributed by atoms with van der Waals surface area (Å²) in [5, 5.41) is 0. The minimum atomic E-state index is -0.0942. The minimum Gasteiger partial charge on any atom is -0.298 e. The zero-order valence-electron chi connectivity index (χ0n) is 13.2. The number of carbonyl (C=O) groups is 1. The van der Waals surface area contributed by atoms with E-state index in [-0.39, 0.29) is 10.8 Å². The molecule has 0 heterocycles. The summed E-state index contributed by atoms with van der Waals surface area (Å²) < 4.78 is 0. The lowest BCUT2D eigenvalue weighted by Gasteiger charge is -2.49. The predicted octanol–water partition coefficient (Wildman–Crippen LogP) is 4.93. The summed E-state index contributed by atoms with van der Waals surface area (Å²) in [6, 6.07) is 0. The molecule has 110 valence electrons. The van der Waals surface area contributed by atoms with Crippen molar-refractivity contribution in [1.29, 1.82) is 0 Å². The fourth-order valence-corrected chi connectivity index (χ4v) is 5.51. The van der Waals surface area contributed by atoms with Gasteiger partial charge in [0.05, 0.1) is 0 Å². The SMILES string of the molecule is C/C=C\C(C)C1(CC)CCCC2(CC3C=CC2C3)C1=O. The van der Waals surface area contributed by atoms with E-state index >= 15 is 0 Å². The molecule has 2 bridgehead atoms. The van der Waals surface area contributed by atoms with Gasteiger partial charge in [0, 0.05) is 10.8 Å². The average Bonchev–Trinajstić information content (AvgIpc) is 3.03.